The summed E-state index contributed by atoms with van der Waals surface area (Å²) in [6, 6.07) is 7.04. The van der Waals surface area contributed by atoms with Crippen molar-refractivity contribution in [2.75, 3.05) is 24.7 Å². The molecule has 6 heteroatoms. The Balaban J connectivity index is 1.93. The van der Waals surface area contributed by atoms with Gasteiger partial charge in [-0.15, -0.1) is 0 Å². The minimum atomic E-state index is -0.396. The Morgan fingerprint density at radius 3 is 3.05 bits per heavy atom. The van der Waals surface area contributed by atoms with E-state index in [-0.39, 0.29) is 0 Å². The molecule has 1 aromatic carbocycles. The lowest BCUT2D eigenvalue weighted by atomic mass is 10.1. The molecule has 0 amide bonds. The number of carbonyl (C=O) groups excluding carboxylic acids is 1. The lowest BCUT2D eigenvalue weighted by Gasteiger charge is -2.11. The predicted molar refractivity (Wildman–Crippen MR) is 77.5 cm³/mol. The van der Waals surface area contributed by atoms with E-state index in [0.29, 0.717) is 11.3 Å². The monoisotopic (exact) mass is 274 g/mol. The average molecular weight is 274 g/mol. The summed E-state index contributed by atoms with van der Waals surface area (Å²) in [5.74, 6) is -0.396. The first kappa shape index (κ1) is 13.9. The number of aryl methyl sites for hydroxylation is 1. The summed E-state index contributed by atoms with van der Waals surface area (Å²) in [5.41, 5.74) is 7.41. The fourth-order valence-corrected chi connectivity index (χ4v) is 1.89. The van der Waals surface area contributed by atoms with Crippen LogP contribution in [-0.2, 0) is 11.3 Å². The molecule has 0 radical (unpaired) electrons. The number of methoxy groups -OCH3 is 1. The number of ether oxygens (including phenoxy) is 1. The van der Waals surface area contributed by atoms with Crippen LogP contribution in [0.1, 0.15) is 16.8 Å². The number of nitrogen functional groups attached to an aromatic ring is 1. The second kappa shape index (κ2) is 6.60. The Bertz CT molecular complexity index is 567. The molecule has 0 fully saturated rings. The van der Waals surface area contributed by atoms with Gasteiger partial charge in [0.1, 0.15) is 0 Å². The van der Waals surface area contributed by atoms with Crippen LogP contribution in [0.15, 0.2) is 36.7 Å². The van der Waals surface area contributed by atoms with Gasteiger partial charge >= 0.3 is 5.97 Å². The smallest absolute Gasteiger partial charge is 0.340 e. The summed E-state index contributed by atoms with van der Waals surface area (Å²) in [6.45, 7) is 1.55. The molecule has 2 aromatic rings. The number of benzene rings is 1. The molecule has 1 aromatic heterocycles. The molecule has 3 N–H and O–H groups in total. The van der Waals surface area contributed by atoms with Crippen LogP contribution < -0.4 is 11.1 Å². The zero-order valence-corrected chi connectivity index (χ0v) is 11.4. The standard InChI is InChI=1S/C14H18N4O2/c1-20-14(19)12-10-11(15)4-5-13(12)16-6-2-8-18-9-3-7-17-18/h3-5,7,9-10,16H,2,6,8,15H2,1H3. The van der Waals surface area contributed by atoms with Crippen LogP contribution in [-0.4, -0.2) is 29.4 Å². The van der Waals surface area contributed by atoms with Crippen LogP contribution in [0.3, 0.4) is 0 Å². The number of esters is 1. The van der Waals surface area contributed by atoms with E-state index in [1.54, 1.807) is 24.4 Å². The molecular weight excluding hydrogens is 256 g/mol. The number of nitrogens with one attached hydrogen (secondary N) is 1. The highest BCUT2D eigenvalue weighted by molar-refractivity contribution is 5.96. The predicted octanol–water partition coefficient (Wildman–Crippen LogP) is 1.75. The topological polar surface area (TPSA) is 82.2 Å². The van der Waals surface area contributed by atoms with Crippen molar-refractivity contribution in [2.45, 2.75) is 13.0 Å². The molecule has 6 nitrogen and oxygen atoms in total. The summed E-state index contributed by atoms with van der Waals surface area (Å²) < 4.78 is 6.62. The van der Waals surface area contributed by atoms with E-state index in [4.69, 9.17) is 10.5 Å². The van der Waals surface area contributed by atoms with Crippen LogP contribution in [0.25, 0.3) is 0 Å². The Morgan fingerprint density at radius 1 is 1.50 bits per heavy atom. The largest absolute Gasteiger partial charge is 0.465 e. The molecule has 0 aliphatic rings. The number of carbonyl (C=O) groups is 1. The van der Waals surface area contributed by atoms with Crippen molar-refractivity contribution in [3.63, 3.8) is 0 Å². The Morgan fingerprint density at radius 2 is 2.35 bits per heavy atom. The van der Waals surface area contributed by atoms with E-state index >= 15 is 0 Å². The van der Waals surface area contributed by atoms with Crippen LogP contribution in [0.5, 0.6) is 0 Å². The number of aromatic nitrogens is 2. The fraction of sp³-hybridized carbons (Fsp3) is 0.286. The second-order valence-electron chi connectivity index (χ2n) is 4.35. The minimum absolute atomic E-state index is 0.396. The van der Waals surface area contributed by atoms with Gasteiger partial charge in [0, 0.05) is 36.9 Å². The summed E-state index contributed by atoms with van der Waals surface area (Å²) >= 11 is 0. The van der Waals surface area contributed by atoms with E-state index in [2.05, 4.69) is 10.4 Å². The number of hydrogen-bond donors (Lipinski definition) is 2. The van der Waals surface area contributed by atoms with E-state index < -0.39 is 5.97 Å². The number of anilines is 2. The molecule has 106 valence electrons. The highest BCUT2D eigenvalue weighted by atomic mass is 16.5. The van der Waals surface area contributed by atoms with Crippen molar-refractivity contribution in [3.8, 4) is 0 Å². The van der Waals surface area contributed by atoms with E-state index in [1.807, 2.05) is 16.9 Å². The van der Waals surface area contributed by atoms with Gasteiger partial charge < -0.3 is 15.8 Å². The molecule has 0 saturated heterocycles. The van der Waals surface area contributed by atoms with Crippen LogP contribution in [0, 0.1) is 0 Å². The van der Waals surface area contributed by atoms with Crippen molar-refractivity contribution >= 4 is 17.3 Å². The molecule has 0 aliphatic carbocycles. The summed E-state index contributed by atoms with van der Waals surface area (Å²) in [5, 5.41) is 7.35. The van der Waals surface area contributed by atoms with Crippen molar-refractivity contribution in [3.05, 3.63) is 42.2 Å². The molecule has 20 heavy (non-hydrogen) atoms. The van der Waals surface area contributed by atoms with Gasteiger partial charge in [0.15, 0.2) is 0 Å². The molecule has 0 unspecified atom stereocenters. The lowest BCUT2D eigenvalue weighted by Crippen LogP contribution is -2.11. The van der Waals surface area contributed by atoms with Gasteiger partial charge in [-0.05, 0) is 30.7 Å². The molecule has 0 spiro atoms. The van der Waals surface area contributed by atoms with Gasteiger partial charge in [-0.3, -0.25) is 4.68 Å². The van der Waals surface area contributed by atoms with E-state index in [1.165, 1.54) is 7.11 Å². The SMILES string of the molecule is COC(=O)c1cc(N)ccc1NCCCn1cccn1. The van der Waals surface area contributed by atoms with Gasteiger partial charge in [-0.25, -0.2) is 4.79 Å². The quantitative estimate of drug-likeness (QED) is 0.476. The molecule has 0 atom stereocenters. The Kier molecular flexibility index (Phi) is 4.60. The fourth-order valence-electron chi connectivity index (χ4n) is 1.89. The number of hydrogen-bond acceptors (Lipinski definition) is 5. The summed E-state index contributed by atoms with van der Waals surface area (Å²) in [7, 11) is 1.35. The summed E-state index contributed by atoms with van der Waals surface area (Å²) in [6.07, 6.45) is 4.57. The zero-order valence-electron chi connectivity index (χ0n) is 11.4. The molecule has 1 heterocycles. The maximum atomic E-state index is 11.7. The van der Waals surface area contributed by atoms with Gasteiger partial charge in [-0.1, -0.05) is 0 Å². The third-order valence-corrected chi connectivity index (χ3v) is 2.89. The van der Waals surface area contributed by atoms with Gasteiger partial charge in [0.05, 0.1) is 12.7 Å². The number of nitrogens with two attached hydrogens (primary N) is 1. The maximum absolute atomic E-state index is 11.7. The first-order chi connectivity index (χ1) is 9.70. The lowest BCUT2D eigenvalue weighted by molar-refractivity contribution is 0.0602. The van der Waals surface area contributed by atoms with Crippen molar-refractivity contribution in [1.29, 1.82) is 0 Å². The van der Waals surface area contributed by atoms with E-state index in [9.17, 15) is 4.79 Å². The molecule has 0 bridgehead atoms. The highest BCUT2D eigenvalue weighted by Crippen LogP contribution is 2.19. The van der Waals surface area contributed by atoms with Crippen molar-refractivity contribution < 1.29 is 9.53 Å². The Hall–Kier alpha value is -2.50. The number of nitrogens with zero attached hydrogens (tertiary/aromatic N) is 2. The van der Waals surface area contributed by atoms with Gasteiger partial charge in [0.2, 0.25) is 0 Å². The normalized spacial score (nSPS) is 10.2. The Labute approximate surface area is 117 Å². The zero-order chi connectivity index (χ0) is 14.4. The van der Waals surface area contributed by atoms with Crippen LogP contribution in [0.2, 0.25) is 0 Å². The van der Waals surface area contributed by atoms with Crippen molar-refractivity contribution in [2.24, 2.45) is 0 Å². The third-order valence-electron chi connectivity index (χ3n) is 2.89. The third kappa shape index (κ3) is 3.50. The van der Waals surface area contributed by atoms with Crippen LogP contribution >= 0.6 is 0 Å². The first-order valence-electron chi connectivity index (χ1n) is 6.40. The highest BCUT2D eigenvalue weighted by Gasteiger charge is 2.11. The maximum Gasteiger partial charge on any atom is 0.340 e. The van der Waals surface area contributed by atoms with Gasteiger partial charge in [-0.2, -0.15) is 5.10 Å². The van der Waals surface area contributed by atoms with E-state index in [0.717, 1.165) is 25.2 Å². The molecule has 0 saturated carbocycles. The molecule has 0 aliphatic heterocycles. The number of rotatable bonds is 6. The first-order valence-corrected chi connectivity index (χ1v) is 6.40. The minimum Gasteiger partial charge on any atom is -0.465 e. The van der Waals surface area contributed by atoms with Crippen LogP contribution in [0.4, 0.5) is 11.4 Å². The van der Waals surface area contributed by atoms with Crippen molar-refractivity contribution in [1.82, 2.24) is 9.78 Å². The summed E-state index contributed by atoms with van der Waals surface area (Å²) in [4.78, 5) is 11.7. The average Bonchev–Trinajstić information content (AvgIpc) is 2.97. The molecular formula is C14H18N4O2. The second-order valence-corrected chi connectivity index (χ2v) is 4.35. The molecule has 2 rings (SSSR count). The van der Waals surface area contributed by atoms with Gasteiger partial charge in [0.25, 0.3) is 0 Å².